The molecule has 2 aliphatic rings. The van der Waals surface area contributed by atoms with E-state index in [0.29, 0.717) is 11.1 Å². The smallest absolute Gasteiger partial charge is 0.194 e. The molecule has 1 aromatic rings. The SMILES string of the molecule is O=C1C=C(O)C=C2C(=O)c3ccc(O)cc3C=C12. The van der Waals surface area contributed by atoms with Crippen molar-refractivity contribution in [2.75, 3.05) is 0 Å². The van der Waals surface area contributed by atoms with Crippen LogP contribution in [0.1, 0.15) is 15.9 Å². The Morgan fingerprint density at radius 2 is 1.67 bits per heavy atom. The first-order chi connectivity index (χ1) is 8.56. The highest BCUT2D eigenvalue weighted by Gasteiger charge is 2.29. The van der Waals surface area contributed by atoms with Crippen molar-refractivity contribution < 1.29 is 19.8 Å². The summed E-state index contributed by atoms with van der Waals surface area (Å²) in [6.07, 6.45) is 3.90. The van der Waals surface area contributed by atoms with Crippen LogP contribution >= 0.6 is 0 Å². The van der Waals surface area contributed by atoms with Gasteiger partial charge in [-0.3, -0.25) is 9.59 Å². The first kappa shape index (κ1) is 10.5. The van der Waals surface area contributed by atoms with Gasteiger partial charge in [-0.2, -0.15) is 0 Å². The van der Waals surface area contributed by atoms with Gasteiger partial charge in [0.2, 0.25) is 0 Å². The van der Waals surface area contributed by atoms with Crippen LogP contribution in [0.15, 0.2) is 47.3 Å². The molecule has 0 amide bonds. The second-order valence-corrected chi connectivity index (χ2v) is 4.15. The van der Waals surface area contributed by atoms with Gasteiger partial charge in [-0.05, 0) is 35.9 Å². The molecule has 4 heteroatoms. The van der Waals surface area contributed by atoms with E-state index in [-0.39, 0.29) is 28.4 Å². The van der Waals surface area contributed by atoms with Crippen molar-refractivity contribution in [1.82, 2.24) is 0 Å². The standard InChI is InChI=1S/C14H8O4/c15-8-1-2-10-7(3-8)4-11-12(14(10)18)5-9(16)6-13(11)17/h1-6,15-16H. The van der Waals surface area contributed by atoms with Crippen molar-refractivity contribution in [2.45, 2.75) is 0 Å². The number of Topliss-reactive ketones (excluding diaryl/α,β-unsaturated/α-hetero) is 1. The Bertz CT molecular complexity index is 690. The molecule has 0 saturated heterocycles. The number of allylic oxidation sites excluding steroid dienone is 4. The highest BCUT2D eigenvalue weighted by atomic mass is 16.3. The molecule has 88 valence electrons. The number of phenolic OH excluding ortho intramolecular Hbond substituents is 1. The summed E-state index contributed by atoms with van der Waals surface area (Å²) in [7, 11) is 0. The van der Waals surface area contributed by atoms with Crippen molar-refractivity contribution in [3.8, 4) is 5.75 Å². The molecule has 0 unspecified atom stereocenters. The minimum Gasteiger partial charge on any atom is -0.508 e. The Morgan fingerprint density at radius 1 is 0.889 bits per heavy atom. The number of carbonyl (C=O) groups is 2. The average molecular weight is 240 g/mol. The van der Waals surface area contributed by atoms with Gasteiger partial charge < -0.3 is 10.2 Å². The first-order valence-electron chi connectivity index (χ1n) is 5.33. The zero-order chi connectivity index (χ0) is 12.9. The summed E-state index contributed by atoms with van der Waals surface area (Å²) in [6.45, 7) is 0. The Balaban J connectivity index is 2.27. The molecule has 18 heavy (non-hydrogen) atoms. The largest absolute Gasteiger partial charge is 0.508 e. The summed E-state index contributed by atoms with van der Waals surface area (Å²) >= 11 is 0. The summed E-state index contributed by atoms with van der Waals surface area (Å²) in [5, 5.41) is 18.8. The fourth-order valence-corrected chi connectivity index (χ4v) is 2.13. The molecule has 0 fully saturated rings. The minimum atomic E-state index is -0.410. The lowest BCUT2D eigenvalue weighted by Gasteiger charge is -2.19. The van der Waals surface area contributed by atoms with E-state index in [1.165, 1.54) is 24.3 Å². The van der Waals surface area contributed by atoms with Crippen LogP contribution in [0.5, 0.6) is 5.75 Å². The molecule has 0 aromatic heterocycles. The molecule has 0 saturated carbocycles. The number of hydrogen-bond donors (Lipinski definition) is 2. The third-order valence-electron chi connectivity index (χ3n) is 2.95. The third-order valence-corrected chi connectivity index (χ3v) is 2.95. The number of hydrogen-bond acceptors (Lipinski definition) is 4. The number of aromatic hydroxyl groups is 1. The Labute approximate surface area is 102 Å². The van der Waals surface area contributed by atoms with Gasteiger partial charge in [-0.15, -0.1) is 0 Å². The van der Waals surface area contributed by atoms with E-state index in [2.05, 4.69) is 0 Å². The molecule has 0 atom stereocenters. The molecule has 0 heterocycles. The van der Waals surface area contributed by atoms with Crippen molar-refractivity contribution in [1.29, 1.82) is 0 Å². The van der Waals surface area contributed by atoms with Crippen LogP contribution in [0.4, 0.5) is 0 Å². The molecule has 1 aromatic carbocycles. The molecule has 2 N–H and O–H groups in total. The number of phenols is 1. The maximum atomic E-state index is 12.2. The van der Waals surface area contributed by atoms with Crippen molar-refractivity contribution in [3.63, 3.8) is 0 Å². The number of aliphatic hydroxyl groups is 1. The molecule has 0 bridgehead atoms. The number of benzene rings is 1. The topological polar surface area (TPSA) is 74.6 Å². The predicted molar refractivity (Wildman–Crippen MR) is 64.2 cm³/mol. The fourth-order valence-electron chi connectivity index (χ4n) is 2.13. The second-order valence-electron chi connectivity index (χ2n) is 4.15. The van der Waals surface area contributed by atoms with Crippen molar-refractivity contribution >= 4 is 17.6 Å². The zero-order valence-corrected chi connectivity index (χ0v) is 9.18. The highest BCUT2D eigenvalue weighted by molar-refractivity contribution is 6.27. The average Bonchev–Trinajstić information content (AvgIpc) is 2.31. The van der Waals surface area contributed by atoms with Crippen LogP contribution < -0.4 is 0 Å². The van der Waals surface area contributed by atoms with Gasteiger partial charge in [0.1, 0.15) is 11.5 Å². The van der Waals surface area contributed by atoms with Crippen LogP contribution in [0.3, 0.4) is 0 Å². The van der Waals surface area contributed by atoms with Gasteiger partial charge in [0.15, 0.2) is 11.6 Å². The monoisotopic (exact) mass is 240 g/mol. The normalized spacial score (nSPS) is 17.4. The van der Waals surface area contributed by atoms with Gasteiger partial charge in [0.25, 0.3) is 0 Å². The van der Waals surface area contributed by atoms with Crippen LogP contribution in [0.25, 0.3) is 6.08 Å². The van der Waals surface area contributed by atoms with E-state index in [1.807, 2.05) is 0 Å². The van der Waals surface area contributed by atoms with E-state index in [0.717, 1.165) is 6.08 Å². The molecule has 0 aliphatic heterocycles. The molecule has 3 rings (SSSR count). The first-order valence-corrected chi connectivity index (χ1v) is 5.33. The van der Waals surface area contributed by atoms with Crippen molar-refractivity contribution in [2.24, 2.45) is 0 Å². The van der Waals surface area contributed by atoms with E-state index < -0.39 is 5.78 Å². The van der Waals surface area contributed by atoms with Crippen LogP contribution in [-0.2, 0) is 4.79 Å². The summed E-state index contributed by atoms with van der Waals surface area (Å²) in [6, 6.07) is 4.35. The number of aliphatic hydroxyl groups excluding tert-OH is 1. The molecule has 4 nitrogen and oxygen atoms in total. The van der Waals surface area contributed by atoms with Crippen molar-refractivity contribution in [3.05, 3.63) is 58.4 Å². The fraction of sp³-hybridized carbons (Fsp3) is 0. The highest BCUT2D eigenvalue weighted by Crippen LogP contribution is 2.33. The van der Waals surface area contributed by atoms with Gasteiger partial charge in [0, 0.05) is 22.8 Å². The summed E-state index contributed by atoms with van der Waals surface area (Å²) in [5.74, 6) is -0.918. The maximum Gasteiger partial charge on any atom is 0.194 e. The quantitative estimate of drug-likeness (QED) is 0.726. The van der Waals surface area contributed by atoms with E-state index >= 15 is 0 Å². The lowest BCUT2D eigenvalue weighted by molar-refractivity contribution is -0.111. The summed E-state index contributed by atoms with van der Waals surface area (Å²) in [5.41, 5.74) is 1.36. The van der Waals surface area contributed by atoms with E-state index in [4.69, 9.17) is 0 Å². The van der Waals surface area contributed by atoms with E-state index in [9.17, 15) is 19.8 Å². The van der Waals surface area contributed by atoms with E-state index in [1.54, 1.807) is 6.08 Å². The minimum absolute atomic E-state index is 0.0347. The Morgan fingerprint density at radius 3 is 2.44 bits per heavy atom. The zero-order valence-electron chi connectivity index (χ0n) is 9.18. The predicted octanol–water partition coefficient (Wildman–Crippen LogP) is 1.92. The van der Waals surface area contributed by atoms with Gasteiger partial charge in [-0.25, -0.2) is 0 Å². The molecule has 0 radical (unpaired) electrons. The Hall–Kier alpha value is -2.62. The lowest BCUT2D eigenvalue weighted by Crippen LogP contribution is -2.19. The van der Waals surface area contributed by atoms with Crippen LogP contribution in [-0.4, -0.2) is 21.8 Å². The third kappa shape index (κ3) is 1.39. The van der Waals surface area contributed by atoms with Gasteiger partial charge >= 0.3 is 0 Å². The second kappa shape index (κ2) is 3.43. The van der Waals surface area contributed by atoms with Gasteiger partial charge in [-0.1, -0.05) is 0 Å². The molecular formula is C14H8O4. The van der Waals surface area contributed by atoms with Crippen LogP contribution in [0.2, 0.25) is 0 Å². The molecule has 0 spiro atoms. The van der Waals surface area contributed by atoms with Gasteiger partial charge in [0.05, 0.1) is 0 Å². The van der Waals surface area contributed by atoms with Crippen LogP contribution in [0, 0.1) is 0 Å². The molecular weight excluding hydrogens is 232 g/mol. The number of rotatable bonds is 0. The Kier molecular flexibility index (Phi) is 2.01. The number of carbonyl (C=O) groups excluding carboxylic acids is 2. The summed E-state index contributed by atoms with van der Waals surface area (Å²) < 4.78 is 0. The lowest BCUT2D eigenvalue weighted by atomic mass is 9.82. The maximum absolute atomic E-state index is 12.2. The molecule has 2 aliphatic carbocycles. The summed E-state index contributed by atoms with van der Waals surface area (Å²) in [4.78, 5) is 23.9. The number of ketones is 2. The number of fused-ring (bicyclic) bond motifs is 2.